The molecule has 0 aromatic heterocycles. The lowest BCUT2D eigenvalue weighted by Crippen LogP contribution is -2.63. The Bertz CT molecular complexity index is 728. The maximum absolute atomic E-state index is 12.5. The van der Waals surface area contributed by atoms with Gasteiger partial charge < -0.3 is 18.8 Å². The quantitative estimate of drug-likeness (QED) is 0.0691. The lowest BCUT2D eigenvalue weighted by Gasteiger charge is -2.50. The second kappa shape index (κ2) is 20.5. The predicted octanol–water partition coefficient (Wildman–Crippen LogP) is 10.5. The Morgan fingerprint density at radius 2 is 1.17 bits per heavy atom. The van der Waals surface area contributed by atoms with Gasteiger partial charge in [-0.3, -0.25) is 9.59 Å². The van der Waals surface area contributed by atoms with Crippen LogP contribution in [0.15, 0.2) is 0 Å². The molecule has 0 aliphatic heterocycles. The highest BCUT2D eigenvalue weighted by Crippen LogP contribution is 2.42. The molecular weight excluding hydrogens is 565 g/mol. The van der Waals surface area contributed by atoms with Crippen molar-refractivity contribution < 1.29 is 28.3 Å². The first-order valence-electron chi connectivity index (χ1n) is 16.9. The molecule has 2 N–H and O–H groups in total. The van der Waals surface area contributed by atoms with E-state index in [2.05, 4.69) is 60.1 Å². The van der Waals surface area contributed by atoms with Gasteiger partial charge in [-0.1, -0.05) is 117 Å². The summed E-state index contributed by atoms with van der Waals surface area (Å²) < 4.78 is 13.9. The summed E-state index contributed by atoms with van der Waals surface area (Å²) in [4.78, 5) is 23.1. The van der Waals surface area contributed by atoms with Crippen LogP contribution >= 0.6 is 0 Å². The van der Waals surface area contributed by atoms with Gasteiger partial charge in [0.25, 0.3) is 0 Å². The minimum atomic E-state index is -2.48. The zero-order valence-corrected chi connectivity index (χ0v) is 31.5. The molecule has 0 amide bonds. The largest absolute Gasteiger partial charge is 0.481 e. The molecule has 0 saturated heterocycles. The summed E-state index contributed by atoms with van der Waals surface area (Å²) in [6.45, 7) is 20.0. The van der Waals surface area contributed by atoms with Crippen LogP contribution in [0.1, 0.15) is 136 Å². The summed E-state index contributed by atoms with van der Waals surface area (Å²) in [5, 5.41) is 18.6. The van der Waals surface area contributed by atoms with Gasteiger partial charge >= 0.3 is 20.5 Å². The molecule has 244 valence electrons. The molecule has 0 spiro atoms. The van der Waals surface area contributed by atoms with Crippen molar-refractivity contribution in [3.63, 3.8) is 0 Å². The molecule has 0 aliphatic rings. The Hall–Kier alpha value is -0.489. The van der Waals surface area contributed by atoms with E-state index in [1.807, 2.05) is 0 Å². The number of hydrogen-bond donors (Lipinski definition) is 2. The summed E-state index contributed by atoms with van der Waals surface area (Å²) in [6, 6.07) is 1.12. The number of aliphatic carboxylic acids is 2. The summed E-state index contributed by atoms with van der Waals surface area (Å²) in [6.07, 6.45) is 19.2. The van der Waals surface area contributed by atoms with Gasteiger partial charge in [-0.25, -0.2) is 0 Å². The molecule has 0 bridgehead atoms. The third-order valence-electron chi connectivity index (χ3n) is 9.22. The first kappa shape index (κ1) is 40.5. The third kappa shape index (κ3) is 17.4. The fourth-order valence-electron chi connectivity index (χ4n) is 6.29. The van der Waals surface area contributed by atoms with Crippen molar-refractivity contribution in [2.24, 2.45) is 0 Å². The normalized spacial score (nSPS) is 15.0. The number of unbranched alkanes of at least 4 members (excludes halogenated alkanes) is 13. The highest BCUT2D eigenvalue weighted by atomic mass is 28.4. The number of carbonyl (C=O) groups is 2. The van der Waals surface area contributed by atoms with Crippen LogP contribution in [0, 0.1) is 0 Å². The van der Waals surface area contributed by atoms with Crippen molar-refractivity contribution in [2.45, 2.75) is 192 Å². The predicted molar refractivity (Wildman–Crippen MR) is 181 cm³/mol. The van der Waals surface area contributed by atoms with Crippen LogP contribution in [0.2, 0.25) is 50.9 Å². The van der Waals surface area contributed by atoms with Gasteiger partial charge in [-0.2, -0.15) is 0 Å². The molecule has 0 fully saturated rings. The van der Waals surface area contributed by atoms with Crippen molar-refractivity contribution in [1.82, 2.24) is 0 Å². The van der Waals surface area contributed by atoms with Crippen LogP contribution in [0.4, 0.5) is 0 Å². The molecule has 0 aromatic rings. The van der Waals surface area contributed by atoms with E-state index in [0.29, 0.717) is 6.42 Å². The van der Waals surface area contributed by atoms with Gasteiger partial charge in [0.15, 0.2) is 8.32 Å². The smallest absolute Gasteiger partial charge is 0.321 e. The van der Waals surface area contributed by atoms with Crippen LogP contribution in [0.5, 0.6) is 0 Å². The van der Waals surface area contributed by atoms with E-state index in [1.165, 1.54) is 64.2 Å². The van der Waals surface area contributed by atoms with Crippen LogP contribution in [-0.2, 0) is 18.1 Å². The lowest BCUT2D eigenvalue weighted by atomic mass is 10.1. The van der Waals surface area contributed by atoms with Gasteiger partial charge in [0.2, 0.25) is 0 Å². The Morgan fingerprint density at radius 1 is 0.707 bits per heavy atom. The fraction of sp³-hybridized carbons (Fsp3) is 0.938. The molecule has 0 radical (unpaired) electrons. The van der Waals surface area contributed by atoms with E-state index in [1.54, 1.807) is 0 Å². The second-order valence-electron chi connectivity index (χ2n) is 14.2. The van der Waals surface area contributed by atoms with Crippen molar-refractivity contribution in [3.8, 4) is 0 Å². The van der Waals surface area contributed by atoms with Gasteiger partial charge in [-0.05, 0) is 58.4 Å². The minimum absolute atomic E-state index is 0.291. The highest BCUT2D eigenvalue weighted by Gasteiger charge is 2.53. The number of rotatable bonds is 27. The number of hydrogen-bond acceptors (Lipinski definition) is 4. The van der Waals surface area contributed by atoms with Gasteiger partial charge in [-0.15, -0.1) is 0 Å². The van der Waals surface area contributed by atoms with Crippen LogP contribution in [0.3, 0.4) is 0 Å². The maximum atomic E-state index is 12.5. The number of carboxylic acids is 2. The van der Waals surface area contributed by atoms with E-state index in [0.717, 1.165) is 51.0 Å². The molecule has 6 nitrogen and oxygen atoms in total. The molecule has 41 heavy (non-hydrogen) atoms. The summed E-state index contributed by atoms with van der Waals surface area (Å²) in [5.74, 6) is -1.34. The molecule has 9 heteroatoms. The Balaban J connectivity index is 4.87. The van der Waals surface area contributed by atoms with E-state index >= 15 is 0 Å². The standard InChI is InChI=1S/C32H68O6Si3/c1-10-12-13-14-17-20-23-26-29(31(35)36)40(6,7)32(3,11-2)37-41(8,9)38-39(4,5)28-25-22-19-16-15-18-21-24-27-30(33)34/h29H,10-28H2,1-9H3,(H,33,34)(H,35,36). The van der Waals surface area contributed by atoms with Crippen molar-refractivity contribution >= 4 is 36.9 Å². The van der Waals surface area contributed by atoms with E-state index in [-0.39, 0.29) is 5.54 Å². The lowest BCUT2D eigenvalue weighted by molar-refractivity contribution is -0.138. The van der Waals surface area contributed by atoms with Crippen LogP contribution in [-0.4, -0.2) is 52.3 Å². The van der Waals surface area contributed by atoms with Crippen molar-refractivity contribution in [1.29, 1.82) is 0 Å². The van der Waals surface area contributed by atoms with Crippen molar-refractivity contribution in [3.05, 3.63) is 0 Å². The molecule has 0 saturated carbocycles. The Morgan fingerprint density at radius 3 is 1.63 bits per heavy atom. The molecule has 0 aliphatic carbocycles. The van der Waals surface area contributed by atoms with Crippen molar-refractivity contribution in [2.75, 3.05) is 0 Å². The average Bonchev–Trinajstić information content (AvgIpc) is 2.84. The first-order chi connectivity index (χ1) is 19.0. The maximum Gasteiger partial charge on any atom is 0.321 e. The number of carboxylic acid groups (broad SMARTS) is 2. The molecule has 2 atom stereocenters. The van der Waals surface area contributed by atoms with Gasteiger partial charge in [0.05, 0.1) is 13.6 Å². The fourth-order valence-corrected chi connectivity index (χ4v) is 19.5. The monoisotopic (exact) mass is 632 g/mol. The van der Waals surface area contributed by atoms with Crippen LogP contribution < -0.4 is 0 Å². The highest BCUT2D eigenvalue weighted by molar-refractivity contribution is 6.86. The topological polar surface area (TPSA) is 93.1 Å². The molecule has 0 aromatic carbocycles. The molecule has 2 unspecified atom stereocenters. The van der Waals surface area contributed by atoms with E-state index < -0.39 is 42.1 Å². The van der Waals surface area contributed by atoms with Gasteiger partial charge in [0, 0.05) is 11.6 Å². The molecule has 0 heterocycles. The zero-order chi connectivity index (χ0) is 31.6. The zero-order valence-electron chi connectivity index (χ0n) is 28.5. The van der Waals surface area contributed by atoms with E-state index in [4.69, 9.17) is 13.6 Å². The second-order valence-corrected chi connectivity index (χ2v) is 27.2. The third-order valence-corrected chi connectivity index (χ3v) is 21.6. The molecular formula is C32H68O6Si3. The average molecular weight is 633 g/mol. The van der Waals surface area contributed by atoms with Gasteiger partial charge in [0.1, 0.15) is 0 Å². The SMILES string of the molecule is CCCCCCCCCC(C(=O)O)[Si](C)(C)C(C)(CC)O[Si](C)(C)O[Si](C)(C)CCCCCCCCCCC(=O)O. The Kier molecular flexibility index (Phi) is 20.2. The summed E-state index contributed by atoms with van der Waals surface area (Å²) in [5.41, 5.74) is -0.310. The van der Waals surface area contributed by atoms with Crippen LogP contribution in [0.25, 0.3) is 0 Å². The minimum Gasteiger partial charge on any atom is -0.481 e. The summed E-state index contributed by atoms with van der Waals surface area (Å²) >= 11 is 0. The summed E-state index contributed by atoms with van der Waals surface area (Å²) in [7, 11) is -6.75. The Labute approximate surface area is 257 Å². The first-order valence-corrected chi connectivity index (χ1v) is 25.9. The molecule has 0 rings (SSSR count). The van der Waals surface area contributed by atoms with E-state index in [9.17, 15) is 14.7 Å².